The first-order valence-corrected chi connectivity index (χ1v) is 12.0. The lowest BCUT2D eigenvalue weighted by molar-refractivity contribution is -0.126. The summed E-state index contributed by atoms with van der Waals surface area (Å²) in [5.74, 6) is -0.630. The molecule has 0 aliphatic heterocycles. The summed E-state index contributed by atoms with van der Waals surface area (Å²) in [5, 5.41) is 2.99. The molecule has 0 unspecified atom stereocenters. The summed E-state index contributed by atoms with van der Waals surface area (Å²) >= 11 is 0. The maximum Gasteiger partial charge on any atom is 0.230 e. The van der Waals surface area contributed by atoms with Crippen LogP contribution >= 0.6 is 0 Å². The lowest BCUT2D eigenvalue weighted by Crippen LogP contribution is -2.42. The third kappa shape index (κ3) is 5.26. The molecule has 30 heavy (non-hydrogen) atoms. The molecule has 1 amide bonds. The second kappa shape index (κ2) is 9.27. The van der Waals surface area contributed by atoms with Gasteiger partial charge in [-0.05, 0) is 55.5 Å². The van der Waals surface area contributed by atoms with Crippen molar-refractivity contribution in [3.05, 3.63) is 71.0 Å². The molecule has 2 aromatic carbocycles. The molecule has 1 saturated carbocycles. The fourth-order valence-corrected chi connectivity index (χ4v) is 5.73. The van der Waals surface area contributed by atoms with Gasteiger partial charge in [0.15, 0.2) is 0 Å². The number of sulfonamides is 1. The Balaban J connectivity index is 1.77. The Morgan fingerprint density at radius 2 is 1.73 bits per heavy atom. The van der Waals surface area contributed by atoms with Gasteiger partial charge in [0.1, 0.15) is 5.82 Å². The molecule has 0 saturated heterocycles. The summed E-state index contributed by atoms with van der Waals surface area (Å²) in [4.78, 5) is 13.2. The molecule has 2 aromatic rings. The quantitative estimate of drug-likeness (QED) is 0.667. The van der Waals surface area contributed by atoms with Crippen LogP contribution in [-0.4, -0.2) is 20.4 Å². The topological polar surface area (TPSA) is 75.3 Å². The highest BCUT2D eigenvalue weighted by Gasteiger charge is 2.42. The Morgan fingerprint density at radius 1 is 1.07 bits per heavy atom. The summed E-state index contributed by atoms with van der Waals surface area (Å²) in [6, 6.07) is 13.3. The summed E-state index contributed by atoms with van der Waals surface area (Å²) in [7, 11) is -3.47. The monoisotopic (exact) mass is 432 g/mol. The van der Waals surface area contributed by atoms with Crippen molar-refractivity contribution in [3.63, 3.8) is 0 Å². The minimum atomic E-state index is -3.47. The average Bonchev–Trinajstić information content (AvgIpc) is 3.17. The molecule has 0 heterocycles. The summed E-state index contributed by atoms with van der Waals surface area (Å²) < 4.78 is 41.1. The van der Waals surface area contributed by atoms with Gasteiger partial charge in [-0.3, -0.25) is 4.79 Å². The number of nitrogens with one attached hydrogen (secondary N) is 2. The average molecular weight is 433 g/mol. The van der Waals surface area contributed by atoms with Crippen LogP contribution in [0.5, 0.6) is 0 Å². The highest BCUT2D eigenvalue weighted by atomic mass is 32.2. The Morgan fingerprint density at radius 3 is 2.37 bits per heavy atom. The molecule has 7 heteroatoms. The number of amides is 1. The predicted molar refractivity (Wildman–Crippen MR) is 116 cm³/mol. The molecule has 5 nitrogen and oxygen atoms in total. The van der Waals surface area contributed by atoms with Gasteiger partial charge in [0.05, 0.1) is 11.2 Å². The molecule has 0 spiro atoms. The molecule has 3 rings (SSSR count). The van der Waals surface area contributed by atoms with Gasteiger partial charge >= 0.3 is 0 Å². The van der Waals surface area contributed by atoms with Gasteiger partial charge in [0, 0.05) is 12.6 Å². The van der Waals surface area contributed by atoms with E-state index in [-0.39, 0.29) is 30.1 Å². The van der Waals surface area contributed by atoms with Crippen molar-refractivity contribution in [2.24, 2.45) is 0 Å². The van der Waals surface area contributed by atoms with Crippen LogP contribution in [0.25, 0.3) is 0 Å². The second-order valence-electron chi connectivity index (χ2n) is 8.28. The van der Waals surface area contributed by atoms with Crippen LogP contribution in [0.4, 0.5) is 4.39 Å². The van der Waals surface area contributed by atoms with E-state index in [0.717, 1.165) is 18.4 Å². The predicted octanol–water partition coefficient (Wildman–Crippen LogP) is 3.78. The number of carbonyl (C=O) groups excluding carboxylic acids is 1. The third-order valence-corrected chi connectivity index (χ3v) is 7.11. The largest absolute Gasteiger partial charge is 0.351 e. The first-order valence-electron chi connectivity index (χ1n) is 10.3. The van der Waals surface area contributed by atoms with E-state index in [1.807, 2.05) is 18.2 Å². The number of hydrogen-bond donors (Lipinski definition) is 2. The second-order valence-corrected chi connectivity index (χ2v) is 10.0. The Hall–Kier alpha value is -2.25. The lowest BCUT2D eigenvalue weighted by Gasteiger charge is -2.28. The Kier molecular flexibility index (Phi) is 6.93. The molecule has 162 valence electrons. The highest BCUT2D eigenvalue weighted by Crippen LogP contribution is 2.41. The molecular formula is C23H29FN2O3S. The third-order valence-electron chi connectivity index (χ3n) is 5.59. The summed E-state index contributed by atoms with van der Waals surface area (Å²) in [6.45, 7) is 3.78. The minimum absolute atomic E-state index is 0.136. The van der Waals surface area contributed by atoms with E-state index in [9.17, 15) is 17.6 Å². The van der Waals surface area contributed by atoms with Gasteiger partial charge in [-0.1, -0.05) is 49.2 Å². The molecule has 2 N–H and O–H groups in total. The van der Waals surface area contributed by atoms with Crippen LogP contribution in [0, 0.1) is 5.82 Å². The van der Waals surface area contributed by atoms with E-state index in [1.165, 1.54) is 12.1 Å². The molecule has 0 bridgehead atoms. The van der Waals surface area contributed by atoms with Crippen molar-refractivity contribution < 1.29 is 17.6 Å². The van der Waals surface area contributed by atoms with Crippen molar-refractivity contribution in [1.29, 1.82) is 0 Å². The number of halogens is 1. The molecule has 1 aliphatic rings. The molecular weight excluding hydrogens is 403 g/mol. The van der Waals surface area contributed by atoms with Crippen LogP contribution in [0.3, 0.4) is 0 Å². The van der Waals surface area contributed by atoms with Crippen molar-refractivity contribution in [1.82, 2.24) is 10.0 Å². The number of carbonyl (C=O) groups is 1. The standard InChI is InChI=1S/C23H29FN2O3S/c1-17(2)26-30(28,29)16-19-9-4-3-8-18(19)15-25-22(27)23(12-5-6-13-23)20-10-7-11-21(24)14-20/h3-4,7-11,14,17,26H,5-6,12-13,15-16H2,1-2H3,(H,25,27). The number of rotatable bonds is 8. The molecule has 0 radical (unpaired) electrons. The van der Waals surface area contributed by atoms with Crippen LogP contribution in [-0.2, 0) is 32.5 Å². The lowest BCUT2D eigenvalue weighted by atomic mass is 9.78. The van der Waals surface area contributed by atoms with E-state index >= 15 is 0 Å². The van der Waals surface area contributed by atoms with E-state index in [2.05, 4.69) is 10.0 Å². The molecule has 1 aliphatic carbocycles. The summed E-state index contributed by atoms with van der Waals surface area (Å²) in [5.41, 5.74) is 1.38. The Labute approximate surface area is 178 Å². The van der Waals surface area contributed by atoms with Crippen LogP contribution in [0.15, 0.2) is 48.5 Å². The van der Waals surface area contributed by atoms with E-state index < -0.39 is 15.4 Å². The van der Waals surface area contributed by atoms with Crippen molar-refractivity contribution in [3.8, 4) is 0 Å². The SMILES string of the molecule is CC(C)NS(=O)(=O)Cc1ccccc1CNC(=O)C1(c2cccc(F)c2)CCCC1. The Bertz CT molecular complexity index is 999. The zero-order valence-electron chi connectivity index (χ0n) is 17.4. The minimum Gasteiger partial charge on any atom is -0.351 e. The van der Waals surface area contributed by atoms with Gasteiger partial charge in [0.25, 0.3) is 0 Å². The highest BCUT2D eigenvalue weighted by molar-refractivity contribution is 7.88. The van der Waals surface area contributed by atoms with Crippen LogP contribution in [0.1, 0.15) is 56.2 Å². The summed E-state index contributed by atoms with van der Waals surface area (Å²) in [6.07, 6.45) is 3.19. The normalized spacial score (nSPS) is 16.0. The fourth-order valence-electron chi connectivity index (χ4n) is 4.23. The van der Waals surface area contributed by atoms with E-state index in [4.69, 9.17) is 0 Å². The van der Waals surface area contributed by atoms with Crippen molar-refractivity contribution in [2.75, 3.05) is 0 Å². The molecule has 0 atom stereocenters. The molecule has 1 fully saturated rings. The van der Waals surface area contributed by atoms with Crippen LogP contribution in [0.2, 0.25) is 0 Å². The van der Waals surface area contributed by atoms with E-state index in [1.54, 1.807) is 32.0 Å². The van der Waals surface area contributed by atoms with E-state index in [0.29, 0.717) is 24.0 Å². The maximum absolute atomic E-state index is 13.8. The van der Waals surface area contributed by atoms with Gasteiger partial charge < -0.3 is 5.32 Å². The van der Waals surface area contributed by atoms with Crippen molar-refractivity contribution in [2.45, 2.75) is 63.3 Å². The smallest absolute Gasteiger partial charge is 0.230 e. The first-order chi connectivity index (χ1) is 14.2. The molecule has 0 aromatic heterocycles. The zero-order valence-corrected chi connectivity index (χ0v) is 18.3. The first kappa shape index (κ1) is 22.4. The van der Waals surface area contributed by atoms with Gasteiger partial charge in [-0.25, -0.2) is 17.5 Å². The van der Waals surface area contributed by atoms with Crippen LogP contribution < -0.4 is 10.0 Å². The van der Waals surface area contributed by atoms with Gasteiger partial charge in [-0.15, -0.1) is 0 Å². The maximum atomic E-state index is 13.8. The zero-order chi connectivity index (χ0) is 21.8. The van der Waals surface area contributed by atoms with Gasteiger partial charge in [0.2, 0.25) is 15.9 Å². The number of hydrogen-bond acceptors (Lipinski definition) is 3. The van der Waals surface area contributed by atoms with Gasteiger partial charge in [-0.2, -0.15) is 0 Å². The number of benzene rings is 2. The van der Waals surface area contributed by atoms with Crippen molar-refractivity contribution >= 4 is 15.9 Å². The fraction of sp³-hybridized carbons (Fsp3) is 0.435.